The van der Waals surface area contributed by atoms with Crippen molar-refractivity contribution < 1.29 is 30.3 Å². The van der Waals surface area contributed by atoms with Gasteiger partial charge in [-0.15, -0.1) is 0 Å². The van der Waals surface area contributed by atoms with E-state index in [-0.39, 0.29) is 36.5 Å². The monoisotopic (exact) mass is 1420 g/mol. The fourth-order valence-electron chi connectivity index (χ4n) is 19.1. The standard InChI is InChI=1S/C43H58OSi.C43H50OSi.2CH3.2ClH.Zr/c2*1-27-24-34-32(29-20-22-31(23-21-29)42(3,4)5)18-15-19-33(34)40(27)45(10,11)41-28(2)25-35-36(41)26-37(43(6,7)8)39(44-9)38(35)30-16-13-12-14-17-30;;;;;/h12-23,26-28,33-36,40-41H,24-25H2,1-11H3;12-26,40-41H,1-11H3;2*1H3;2*1H;/q;;2*-1;;;+4/p-2. The summed E-state index contributed by atoms with van der Waals surface area (Å²) in [5.41, 5.74) is 27.9. The van der Waals surface area contributed by atoms with Crippen molar-refractivity contribution in [2.45, 2.75) is 188 Å². The average molecular weight is 1420 g/mol. The van der Waals surface area contributed by atoms with Gasteiger partial charge in [-0.2, -0.15) is 0 Å². The van der Waals surface area contributed by atoms with E-state index in [1.165, 1.54) is 107 Å². The molecule has 2 nitrogen and oxygen atoms in total. The molecule has 0 bridgehead atoms. The van der Waals surface area contributed by atoms with Crippen LogP contribution in [0.25, 0.3) is 45.6 Å². The summed E-state index contributed by atoms with van der Waals surface area (Å²) in [6, 6.07) is 50.4. The molecule has 6 aromatic carbocycles. The summed E-state index contributed by atoms with van der Waals surface area (Å²) in [6.07, 6.45) is 17.7. The van der Waals surface area contributed by atoms with Crippen molar-refractivity contribution in [2.24, 2.45) is 40.9 Å². The number of rotatable bonds is 10. The Hall–Kier alpha value is -4.74. The Morgan fingerprint density at radius 1 is 0.505 bits per heavy atom. The molecular formula is C88H114Cl2O2Si2Zr. The van der Waals surface area contributed by atoms with E-state index >= 15 is 0 Å². The number of hydrogen-bond donors (Lipinski definition) is 0. The molecule has 10 unspecified atom stereocenters. The van der Waals surface area contributed by atoms with E-state index < -0.39 is 37.0 Å². The molecular weight excluding hydrogens is 1310 g/mol. The summed E-state index contributed by atoms with van der Waals surface area (Å²) in [6.45, 7) is 48.6. The number of methoxy groups -OCH3 is 2. The zero-order valence-corrected chi connectivity index (χ0v) is 68.4. The minimum absolute atomic E-state index is 0. The van der Waals surface area contributed by atoms with Gasteiger partial charge in [-0.1, -0.05) is 304 Å². The molecule has 0 radical (unpaired) electrons. The average Bonchev–Trinajstić information content (AvgIpc) is 1.59. The molecule has 0 N–H and O–H groups in total. The Labute approximate surface area is 598 Å². The first-order chi connectivity index (χ1) is 43.7. The second-order valence-corrected chi connectivity index (χ2v) is 47.3. The van der Waals surface area contributed by atoms with Gasteiger partial charge in [-0.05, 0) is 167 Å². The molecule has 0 aliphatic heterocycles. The van der Waals surface area contributed by atoms with Gasteiger partial charge in [0.2, 0.25) is 0 Å². The van der Waals surface area contributed by atoms with Gasteiger partial charge in [0.1, 0.15) is 11.5 Å². The van der Waals surface area contributed by atoms with Crippen LogP contribution >= 0.6 is 17.0 Å². The number of ether oxygens (including phenoxy) is 2. The van der Waals surface area contributed by atoms with Crippen molar-refractivity contribution in [3.63, 3.8) is 0 Å². The summed E-state index contributed by atoms with van der Waals surface area (Å²) >= 11 is -0.826. The molecule has 0 amide bonds. The molecule has 0 spiro atoms. The minimum atomic E-state index is -2.03. The molecule has 2 fully saturated rings. The van der Waals surface area contributed by atoms with E-state index in [1.807, 2.05) is 14.2 Å². The van der Waals surface area contributed by atoms with Crippen molar-refractivity contribution in [3.8, 4) is 28.0 Å². The number of hydrogen-bond acceptors (Lipinski definition) is 2. The quantitative estimate of drug-likeness (QED) is 0.101. The third-order valence-corrected chi connectivity index (χ3v) is 32.6. The summed E-state index contributed by atoms with van der Waals surface area (Å²) < 4.78 is 12.6. The first-order valence-electron chi connectivity index (χ1n) is 34.6. The Bertz CT molecular complexity index is 3890. The van der Waals surface area contributed by atoms with Crippen molar-refractivity contribution in [3.05, 3.63) is 245 Å². The van der Waals surface area contributed by atoms with Crippen LogP contribution in [-0.2, 0) is 41.8 Å². The van der Waals surface area contributed by atoms with E-state index in [0.29, 0.717) is 40.7 Å². The number of allylic oxidation sites excluding steroid dienone is 9. The van der Waals surface area contributed by atoms with Crippen LogP contribution in [0.2, 0.25) is 37.3 Å². The van der Waals surface area contributed by atoms with Gasteiger partial charge in [0.15, 0.2) is 0 Å². The van der Waals surface area contributed by atoms with Crippen LogP contribution in [0, 0.1) is 55.8 Å². The van der Waals surface area contributed by atoms with Crippen LogP contribution in [0.15, 0.2) is 180 Å². The molecule has 10 atom stereocenters. The van der Waals surface area contributed by atoms with E-state index in [0.717, 1.165) is 28.5 Å². The Kier molecular flexibility index (Phi) is 23.4. The Morgan fingerprint density at radius 3 is 1.51 bits per heavy atom. The number of benzene rings is 6. The molecule has 12 rings (SSSR count). The first-order valence-corrected chi connectivity index (χ1v) is 47.3. The van der Waals surface area contributed by atoms with Crippen LogP contribution in [-0.4, -0.2) is 30.4 Å². The molecule has 0 saturated heterocycles. The van der Waals surface area contributed by atoms with Gasteiger partial charge in [0.05, 0.1) is 30.4 Å². The van der Waals surface area contributed by atoms with E-state index in [4.69, 9.17) is 26.5 Å². The van der Waals surface area contributed by atoms with Crippen LogP contribution in [0.3, 0.4) is 0 Å². The van der Waals surface area contributed by atoms with Gasteiger partial charge in [0, 0.05) is 27.8 Å². The normalized spacial score (nSPS) is 23.7. The molecule has 0 heterocycles. The zero-order chi connectivity index (χ0) is 67.7. The van der Waals surface area contributed by atoms with Gasteiger partial charge >= 0.3 is 37.9 Å². The van der Waals surface area contributed by atoms with Crippen LogP contribution in [0.4, 0.5) is 0 Å². The summed E-state index contributed by atoms with van der Waals surface area (Å²) in [4.78, 5) is 0. The zero-order valence-electron chi connectivity index (χ0n) is 62.4. The van der Waals surface area contributed by atoms with Crippen molar-refractivity contribution in [1.29, 1.82) is 0 Å². The van der Waals surface area contributed by atoms with Crippen LogP contribution < -0.4 is 4.74 Å². The molecule has 7 heteroatoms. The molecule has 0 aromatic heterocycles. The maximum atomic E-state index is 6.34. The Morgan fingerprint density at radius 2 is 1.00 bits per heavy atom. The molecule has 6 aliphatic rings. The van der Waals surface area contributed by atoms with Crippen molar-refractivity contribution in [2.75, 3.05) is 14.2 Å². The predicted molar refractivity (Wildman–Crippen MR) is 419 cm³/mol. The van der Waals surface area contributed by atoms with Gasteiger partial charge < -0.3 is 24.3 Å². The van der Waals surface area contributed by atoms with Gasteiger partial charge in [-0.25, -0.2) is 0 Å². The fraction of sp³-hybridized carbons (Fsp3) is 0.432. The molecule has 6 aliphatic carbocycles. The van der Waals surface area contributed by atoms with Gasteiger partial charge in [-0.3, -0.25) is 0 Å². The van der Waals surface area contributed by atoms with Crippen molar-refractivity contribution >= 4 is 56.5 Å². The molecule has 2 saturated carbocycles. The summed E-state index contributed by atoms with van der Waals surface area (Å²) in [5.74, 6) is 5.95. The SMILES string of the molecule is COC1=C(c2ccccc2)C2CC(C)C([Si](C)(C)C3C(C)CC4C(c5ccc(C(C)(C)C)cc5)=CC=CC43)C2C=C1C(C)(C)C.COc1c(C(C)(C)C)cc2c(c1-c1ccccc1)C=C(C)C2[Si](C)(C)C1C(C)=Cc2c(-c3ccc(C(C)(C)C)cc3)cccc21.[CH3-].[CH3-].[Cl][Zr+2][Cl]. The molecule has 504 valence electrons. The van der Waals surface area contributed by atoms with E-state index in [2.05, 4.69) is 307 Å². The molecule has 6 aromatic rings. The second-order valence-electron chi connectivity index (χ2n) is 33.8. The van der Waals surface area contributed by atoms with Crippen LogP contribution in [0.1, 0.15) is 185 Å². The number of fused-ring (bicyclic) bond motifs is 4. The fourth-order valence-corrected chi connectivity index (χ4v) is 30.4. The maximum absolute atomic E-state index is 6.34. The predicted octanol–water partition coefficient (Wildman–Crippen LogP) is 26.4. The third kappa shape index (κ3) is 14.7. The topological polar surface area (TPSA) is 18.5 Å². The van der Waals surface area contributed by atoms with Crippen molar-refractivity contribution in [1.82, 2.24) is 0 Å². The molecule has 95 heavy (non-hydrogen) atoms. The van der Waals surface area contributed by atoms with E-state index in [1.54, 1.807) is 5.57 Å². The van der Waals surface area contributed by atoms with Gasteiger partial charge in [0.25, 0.3) is 0 Å². The Balaban J connectivity index is 0.000000229. The third-order valence-electron chi connectivity index (χ3n) is 22.8. The first kappa shape index (κ1) is 76.0. The summed E-state index contributed by atoms with van der Waals surface area (Å²) in [5, 5.41) is 0. The number of halogens is 2. The van der Waals surface area contributed by atoms with Crippen LogP contribution in [0.5, 0.6) is 5.75 Å². The second kappa shape index (κ2) is 29.2. The van der Waals surface area contributed by atoms with E-state index in [9.17, 15) is 0 Å². The summed E-state index contributed by atoms with van der Waals surface area (Å²) in [7, 11) is 9.78.